The van der Waals surface area contributed by atoms with Gasteiger partial charge in [0.25, 0.3) is 0 Å². The van der Waals surface area contributed by atoms with Gasteiger partial charge >= 0.3 is 0 Å². The molecule has 6 amide bonds. The van der Waals surface area contributed by atoms with Gasteiger partial charge < -0.3 is 153 Å². The van der Waals surface area contributed by atoms with Crippen molar-refractivity contribution >= 4 is 59.1 Å². The first-order valence-corrected chi connectivity index (χ1v) is 33.1. The van der Waals surface area contributed by atoms with E-state index in [1.54, 1.807) is 49.4 Å². The summed E-state index contributed by atoms with van der Waals surface area (Å²) in [5.74, 6) is -8.99. The Morgan fingerprint density at radius 3 is 1.84 bits per heavy atom. The maximum Gasteiger partial charge on any atom is 0.246 e. The number of hydrogen-bond donors (Lipinski definition) is 22. The number of rotatable bonds is 22. The molecule has 3 aromatic carbocycles. The van der Waals surface area contributed by atoms with Crippen molar-refractivity contribution in [2.45, 2.75) is 166 Å². The van der Waals surface area contributed by atoms with Gasteiger partial charge in [0, 0.05) is 32.1 Å². The van der Waals surface area contributed by atoms with E-state index in [1.807, 2.05) is 43.3 Å². The third kappa shape index (κ3) is 18.6. The number of benzene rings is 3. The number of aliphatic hydroxyl groups is 13. The van der Waals surface area contributed by atoms with Gasteiger partial charge in [-0.2, -0.15) is 0 Å². The zero-order valence-corrected chi connectivity index (χ0v) is 56.1. The van der Waals surface area contributed by atoms with Crippen LogP contribution in [-0.4, -0.2) is 332 Å². The highest BCUT2D eigenvalue weighted by Gasteiger charge is 2.54. The molecule has 3 aromatic rings. The van der Waals surface area contributed by atoms with Crippen LogP contribution >= 0.6 is 0 Å². The highest BCUT2D eigenvalue weighted by molar-refractivity contribution is 5.98. The lowest BCUT2D eigenvalue weighted by atomic mass is 9.92. The van der Waals surface area contributed by atoms with E-state index in [2.05, 4.69) is 47.2 Å². The summed E-state index contributed by atoms with van der Waals surface area (Å²) in [5, 5.41) is 161. The molecule has 6 aliphatic heterocycles. The summed E-state index contributed by atoms with van der Waals surface area (Å²) in [6.07, 6.45) is -27.4. The Hall–Kier alpha value is -8.36. The molecule has 103 heavy (non-hydrogen) atoms. The van der Waals surface area contributed by atoms with Crippen molar-refractivity contribution in [3.8, 4) is 5.75 Å². The van der Waals surface area contributed by atoms with E-state index >= 15 is 9.59 Å². The summed E-state index contributed by atoms with van der Waals surface area (Å²) in [6, 6.07) is 8.50. The highest BCUT2D eigenvalue weighted by atomic mass is 16.7. The van der Waals surface area contributed by atoms with E-state index in [0.29, 0.717) is 5.56 Å². The number of anilines is 1. The second-order valence-corrected chi connectivity index (χ2v) is 25.8. The van der Waals surface area contributed by atoms with Crippen molar-refractivity contribution in [1.29, 1.82) is 0 Å². The molecule has 9 rings (SSSR count). The Balaban J connectivity index is 0.959. The number of ether oxygens (including phenoxy) is 6. The van der Waals surface area contributed by atoms with Crippen molar-refractivity contribution in [2.24, 2.45) is 21.5 Å². The fourth-order valence-corrected chi connectivity index (χ4v) is 12.6. The van der Waals surface area contributed by atoms with E-state index in [1.165, 1.54) is 24.3 Å². The number of aliphatic imine (C=N–C) groups is 2. The number of nitrogens with one attached hydrogen (secondary N) is 7. The summed E-state index contributed by atoms with van der Waals surface area (Å²) in [4.78, 5) is 98.5. The molecule has 0 saturated carbocycles. The van der Waals surface area contributed by atoms with Gasteiger partial charge in [0.05, 0.1) is 64.8 Å². The van der Waals surface area contributed by atoms with Gasteiger partial charge in [-0.1, -0.05) is 73.7 Å². The first-order chi connectivity index (χ1) is 49.2. The molecular formula is C65H91N13O25. The molecule has 566 valence electrons. The minimum Gasteiger partial charge on any atom is -0.462 e. The predicted molar refractivity (Wildman–Crippen MR) is 357 cm³/mol. The molecule has 25 atom stereocenters. The monoisotopic (exact) mass is 1450 g/mol. The fraction of sp³-hybridized carbons (Fsp3) is 0.569. The topological polar surface area (TPSA) is 588 Å². The lowest BCUT2D eigenvalue weighted by molar-refractivity contribution is -0.354. The standard InChI is InChI=1S/C65H91N13O25/c1-28(31-9-5-4-6-10-31)42-58(95)71-34(20-30-13-17-33(18-14-30)99-62-53(92)50(89)55(40(27-82)102-62)103-63-52(91)49(88)54(39(26-81)101-63)98-19-7-8-29-11-15-32(16-12-29)77(2)3)57(94)75-43(45(84)35-21-69-64(66)73-35)60(97)76-44(59(96)72-36(24-79)56(93)68-23-41(83)74-42)46(85)37-22-70-65(67)78(37)61-51(90)48(87)47(86)38(25-80)100-61/h4-18,28,34-40,42-55,61-63,79-82,84-92H,19-27H2,1-3H3,(H2,67,70)(H,68,93)(H,71,95)(H,72,96)(H,74,83)(H,75,94)(H,76,97)(H3,66,69,73)/b8-7+/t28?,34-,35?,36+,37?,38-,39-,40-,42+,43+,44-,45?,46?,47-,48+,49-,50-,51+,52+,53+,54-,55-,61+,62+,63-/m1/s1. The first-order valence-electron chi connectivity index (χ1n) is 33.1. The zero-order chi connectivity index (χ0) is 74.7. The normalized spacial score (nSPS) is 34.6. The van der Waals surface area contributed by atoms with Gasteiger partial charge in [-0.15, -0.1) is 0 Å². The molecular weight excluding hydrogens is 1360 g/mol. The molecule has 38 heteroatoms. The summed E-state index contributed by atoms with van der Waals surface area (Å²) in [5.41, 5.74) is 14.7. The van der Waals surface area contributed by atoms with Crippen molar-refractivity contribution in [1.82, 2.24) is 42.1 Å². The molecule has 24 N–H and O–H groups in total. The van der Waals surface area contributed by atoms with Crippen LogP contribution in [0.5, 0.6) is 5.75 Å². The van der Waals surface area contributed by atoms with Crippen molar-refractivity contribution in [3.05, 3.63) is 102 Å². The molecule has 0 aromatic heterocycles. The highest BCUT2D eigenvalue weighted by Crippen LogP contribution is 2.33. The average molecular weight is 1450 g/mol. The van der Waals surface area contributed by atoms with Crippen LogP contribution in [0, 0.1) is 0 Å². The number of nitrogens with two attached hydrogens (primary N) is 2. The molecule has 4 saturated heterocycles. The molecule has 0 radical (unpaired) electrons. The van der Waals surface area contributed by atoms with Crippen LogP contribution in [0.4, 0.5) is 5.69 Å². The quantitative estimate of drug-likeness (QED) is 0.0444. The molecule has 5 unspecified atom stereocenters. The Labute approximate surface area is 589 Å². The second kappa shape index (κ2) is 35.4. The number of hydrogen-bond acceptors (Lipinski definition) is 32. The number of nitrogens with zero attached hydrogens (tertiary/aromatic N) is 4. The van der Waals surface area contributed by atoms with Gasteiger partial charge in [0.15, 0.2) is 24.4 Å². The van der Waals surface area contributed by atoms with Gasteiger partial charge in [-0.3, -0.25) is 38.8 Å². The Morgan fingerprint density at radius 1 is 0.602 bits per heavy atom. The zero-order valence-electron chi connectivity index (χ0n) is 56.1. The van der Waals surface area contributed by atoms with Crippen LogP contribution in [0.3, 0.4) is 0 Å². The lowest BCUT2D eigenvalue weighted by Gasteiger charge is -2.46. The van der Waals surface area contributed by atoms with Gasteiger partial charge in [0.2, 0.25) is 41.7 Å². The van der Waals surface area contributed by atoms with Crippen LogP contribution in [0.25, 0.3) is 6.08 Å². The molecule has 0 bridgehead atoms. The minimum atomic E-state index is -2.35. The number of amides is 6. The van der Waals surface area contributed by atoms with Gasteiger partial charge in [-0.05, 0) is 41.0 Å². The molecule has 0 spiro atoms. The summed E-state index contributed by atoms with van der Waals surface area (Å²) < 4.78 is 35.0. The molecule has 38 nitrogen and oxygen atoms in total. The average Bonchev–Trinajstić information content (AvgIpc) is 1.75. The van der Waals surface area contributed by atoms with Crippen LogP contribution in [-0.2, 0) is 58.9 Å². The summed E-state index contributed by atoms with van der Waals surface area (Å²) in [7, 11) is 3.82. The lowest BCUT2D eigenvalue weighted by Crippen LogP contribution is -2.70. The largest absolute Gasteiger partial charge is 0.462 e. The van der Waals surface area contributed by atoms with Crippen LogP contribution in [0.15, 0.2) is 94.9 Å². The minimum absolute atomic E-state index is 0.0662. The Morgan fingerprint density at radius 2 is 1.20 bits per heavy atom. The van der Waals surface area contributed by atoms with E-state index in [4.69, 9.17) is 39.9 Å². The fourth-order valence-electron chi connectivity index (χ4n) is 12.6. The van der Waals surface area contributed by atoms with Crippen molar-refractivity contribution < 1.29 is 124 Å². The third-order valence-corrected chi connectivity index (χ3v) is 18.6. The maximum absolute atomic E-state index is 15.2. The number of guanidine groups is 2. The molecule has 6 heterocycles. The molecule has 6 aliphatic rings. The van der Waals surface area contributed by atoms with Crippen molar-refractivity contribution in [3.63, 3.8) is 0 Å². The van der Waals surface area contributed by atoms with E-state index in [-0.39, 0.29) is 30.4 Å². The SMILES string of the molecule is CC(c1ccccc1)[C@@H]1NC(=O)CNC(=O)[C@H](CO)NC(=O)[C@@H](C(O)C2CN=C(N)N2[C@H]2O[C@H](CO)[C@@H](O)[C@H](O)[C@@H]2O)NC(=O)[C@H](C(O)C2CN=C(N)N2)NC(=O)[C@@H](Cc2ccc(O[C@H]3O[C@H](CO)[C@@H](O[C@H]4O[C@H](CO)[C@@H](OC/C=C/c5ccc(N(C)C)cc5)[C@H](O)[C@@H]4O)[C@H](O)[C@@H]3O)cc2)NC1=O. The van der Waals surface area contributed by atoms with E-state index < -0.39 is 240 Å². The molecule has 0 aliphatic carbocycles. The number of carbonyl (C=O) groups excluding carboxylic acids is 6. The third-order valence-electron chi connectivity index (χ3n) is 18.6. The number of aliphatic hydroxyl groups excluding tert-OH is 13. The van der Waals surface area contributed by atoms with Crippen LogP contribution in [0.1, 0.15) is 29.5 Å². The van der Waals surface area contributed by atoms with E-state index in [9.17, 15) is 85.6 Å². The smallest absolute Gasteiger partial charge is 0.246 e. The summed E-state index contributed by atoms with van der Waals surface area (Å²) in [6.45, 7) is -3.94. The second-order valence-electron chi connectivity index (χ2n) is 25.8. The Bertz CT molecular complexity index is 3460. The number of carbonyl (C=O) groups is 6. The molecule has 4 fully saturated rings. The van der Waals surface area contributed by atoms with Crippen molar-refractivity contribution in [2.75, 3.05) is 71.7 Å². The van der Waals surface area contributed by atoms with Crippen LogP contribution < -0.4 is 58.3 Å². The van der Waals surface area contributed by atoms with Gasteiger partial charge in [0.1, 0.15) is 121 Å². The van der Waals surface area contributed by atoms with Crippen LogP contribution in [0.2, 0.25) is 0 Å². The van der Waals surface area contributed by atoms with E-state index in [0.717, 1.165) is 16.2 Å². The first kappa shape index (κ1) is 78.8. The Kier molecular flexibility index (Phi) is 27.1. The van der Waals surface area contributed by atoms with Gasteiger partial charge in [-0.25, -0.2) is 0 Å². The summed E-state index contributed by atoms with van der Waals surface area (Å²) >= 11 is 0. The maximum atomic E-state index is 15.2. The predicted octanol–water partition coefficient (Wildman–Crippen LogP) is -10.8.